The summed E-state index contributed by atoms with van der Waals surface area (Å²) in [5, 5.41) is 0. The molecule has 0 bridgehead atoms. The van der Waals surface area contributed by atoms with E-state index in [1.54, 1.807) is 0 Å². The highest BCUT2D eigenvalue weighted by Gasteiger charge is 1.86. The third kappa shape index (κ3) is 2.25. The molecule has 0 unspecified atom stereocenters. The Morgan fingerprint density at radius 1 is 1.30 bits per heavy atom. The van der Waals surface area contributed by atoms with Gasteiger partial charge in [0.2, 0.25) is 0 Å². The van der Waals surface area contributed by atoms with Gasteiger partial charge in [-0.1, -0.05) is 12.1 Å². The smallest absolute Gasteiger partial charge is 0.0317 e. The number of hydrogen-bond acceptors (Lipinski definition) is 2. The molecule has 0 aliphatic carbocycles. The van der Waals surface area contributed by atoms with Gasteiger partial charge in [-0.15, -0.1) is 12.4 Å². The van der Waals surface area contributed by atoms with Crippen LogP contribution in [0.4, 0.5) is 5.69 Å². The van der Waals surface area contributed by atoms with Crippen molar-refractivity contribution in [3.8, 4) is 0 Å². The predicted molar refractivity (Wildman–Crippen MR) is 46.0 cm³/mol. The van der Waals surface area contributed by atoms with E-state index in [-0.39, 0.29) is 12.4 Å². The van der Waals surface area contributed by atoms with Gasteiger partial charge in [-0.2, -0.15) is 0 Å². The molecule has 56 valence electrons. The molecule has 0 amide bonds. The fraction of sp³-hybridized carbons (Fsp3) is 0.143. The molecule has 0 saturated carbocycles. The van der Waals surface area contributed by atoms with Gasteiger partial charge in [-0.05, 0) is 17.7 Å². The lowest BCUT2D eigenvalue weighted by Crippen LogP contribution is -1.96. The summed E-state index contributed by atoms with van der Waals surface area (Å²) in [5.41, 5.74) is 12.7. The van der Waals surface area contributed by atoms with Crippen molar-refractivity contribution in [1.82, 2.24) is 0 Å². The molecule has 2 nitrogen and oxygen atoms in total. The molecular weight excluding hydrogens is 148 g/mol. The van der Waals surface area contributed by atoms with Gasteiger partial charge in [-0.3, -0.25) is 0 Å². The molecule has 0 fully saturated rings. The van der Waals surface area contributed by atoms with Gasteiger partial charge in [0.15, 0.2) is 0 Å². The molecule has 0 heterocycles. The summed E-state index contributed by atoms with van der Waals surface area (Å²) in [4.78, 5) is 0. The van der Waals surface area contributed by atoms with Crippen molar-refractivity contribution in [2.24, 2.45) is 5.73 Å². The van der Waals surface area contributed by atoms with Crippen molar-refractivity contribution in [3.05, 3.63) is 29.8 Å². The van der Waals surface area contributed by atoms with Crippen LogP contribution in [0.1, 0.15) is 5.56 Å². The minimum Gasteiger partial charge on any atom is -0.399 e. The zero-order chi connectivity index (χ0) is 6.69. The predicted octanol–water partition coefficient (Wildman–Crippen LogP) is 1.15. The lowest BCUT2D eigenvalue weighted by molar-refractivity contribution is 1.07. The first-order chi connectivity index (χ1) is 4.33. The van der Waals surface area contributed by atoms with Crippen LogP contribution in [0.15, 0.2) is 24.3 Å². The molecule has 0 atom stereocenters. The molecule has 3 heteroatoms. The normalized spacial score (nSPS) is 8.50. The fourth-order valence-corrected chi connectivity index (χ4v) is 0.720. The molecule has 0 aromatic heterocycles. The van der Waals surface area contributed by atoms with E-state index in [0.29, 0.717) is 6.54 Å². The third-order valence-corrected chi connectivity index (χ3v) is 1.19. The average Bonchev–Trinajstić information content (AvgIpc) is 1.88. The van der Waals surface area contributed by atoms with Crippen LogP contribution in [0.25, 0.3) is 0 Å². The number of rotatable bonds is 1. The van der Waals surface area contributed by atoms with Crippen molar-refractivity contribution in [3.63, 3.8) is 0 Å². The van der Waals surface area contributed by atoms with Crippen LogP contribution >= 0.6 is 12.4 Å². The molecule has 0 aliphatic heterocycles. The van der Waals surface area contributed by atoms with Gasteiger partial charge in [0.05, 0.1) is 0 Å². The molecular formula is C7H11ClN2. The number of benzene rings is 1. The maximum absolute atomic E-state index is 5.48. The van der Waals surface area contributed by atoms with Crippen molar-refractivity contribution in [2.75, 3.05) is 5.73 Å². The maximum atomic E-state index is 5.48. The Morgan fingerprint density at radius 2 is 2.00 bits per heavy atom. The van der Waals surface area contributed by atoms with Gasteiger partial charge in [0.1, 0.15) is 0 Å². The Morgan fingerprint density at radius 3 is 2.40 bits per heavy atom. The lowest BCUT2D eigenvalue weighted by atomic mass is 10.2. The van der Waals surface area contributed by atoms with E-state index < -0.39 is 0 Å². The summed E-state index contributed by atoms with van der Waals surface area (Å²) >= 11 is 0. The highest BCUT2D eigenvalue weighted by molar-refractivity contribution is 5.85. The lowest BCUT2D eigenvalue weighted by Gasteiger charge is -1.95. The highest BCUT2D eigenvalue weighted by Crippen LogP contribution is 2.04. The monoisotopic (exact) mass is 158 g/mol. The first-order valence-corrected chi connectivity index (χ1v) is 2.87. The van der Waals surface area contributed by atoms with E-state index in [1.165, 1.54) is 0 Å². The molecule has 1 rings (SSSR count). The van der Waals surface area contributed by atoms with Gasteiger partial charge < -0.3 is 11.5 Å². The topological polar surface area (TPSA) is 52.0 Å². The second-order valence-corrected chi connectivity index (χ2v) is 1.95. The summed E-state index contributed by atoms with van der Waals surface area (Å²) < 4.78 is 0. The van der Waals surface area contributed by atoms with Crippen molar-refractivity contribution < 1.29 is 0 Å². The molecule has 0 saturated heterocycles. The number of hydrogen-bond donors (Lipinski definition) is 2. The molecule has 0 spiro atoms. The fourth-order valence-electron chi connectivity index (χ4n) is 0.720. The van der Waals surface area contributed by atoms with Gasteiger partial charge in [0, 0.05) is 12.2 Å². The van der Waals surface area contributed by atoms with Gasteiger partial charge in [-0.25, -0.2) is 0 Å². The second-order valence-electron chi connectivity index (χ2n) is 1.95. The molecule has 4 N–H and O–H groups in total. The van der Waals surface area contributed by atoms with E-state index in [9.17, 15) is 0 Å². The van der Waals surface area contributed by atoms with Crippen LogP contribution in [-0.4, -0.2) is 0 Å². The first kappa shape index (κ1) is 9.27. The summed E-state index contributed by atoms with van der Waals surface area (Å²) in [6.07, 6.45) is 0. The first-order valence-electron chi connectivity index (χ1n) is 2.87. The van der Waals surface area contributed by atoms with Crippen LogP contribution in [0, 0.1) is 0 Å². The average molecular weight is 159 g/mol. The van der Waals surface area contributed by atoms with E-state index in [0.717, 1.165) is 11.3 Å². The molecule has 1 aromatic carbocycles. The Labute approximate surface area is 66.6 Å². The molecule has 10 heavy (non-hydrogen) atoms. The van der Waals surface area contributed by atoms with E-state index in [4.69, 9.17) is 11.5 Å². The van der Waals surface area contributed by atoms with Crippen LogP contribution in [0.2, 0.25) is 0 Å². The Balaban J connectivity index is 0.000000810. The minimum atomic E-state index is 0. The SMILES string of the molecule is Cl.NCc1cccc(N)c1. The number of anilines is 1. The summed E-state index contributed by atoms with van der Waals surface area (Å²) in [6.45, 7) is 0.561. The molecule has 0 radical (unpaired) electrons. The Bertz CT molecular complexity index is 201. The number of nitrogens with two attached hydrogens (primary N) is 2. The van der Waals surface area contributed by atoms with Crippen molar-refractivity contribution >= 4 is 18.1 Å². The Hall–Kier alpha value is -0.730. The van der Waals surface area contributed by atoms with Crippen LogP contribution in [0.5, 0.6) is 0 Å². The van der Waals surface area contributed by atoms with Crippen LogP contribution < -0.4 is 11.5 Å². The number of nitrogen functional groups attached to an aromatic ring is 1. The molecule has 1 aromatic rings. The van der Waals surface area contributed by atoms with E-state index >= 15 is 0 Å². The maximum Gasteiger partial charge on any atom is 0.0317 e. The quantitative estimate of drug-likeness (QED) is 0.603. The van der Waals surface area contributed by atoms with E-state index in [1.807, 2.05) is 24.3 Å². The van der Waals surface area contributed by atoms with Crippen LogP contribution in [-0.2, 0) is 6.54 Å². The number of halogens is 1. The summed E-state index contributed by atoms with van der Waals surface area (Å²) in [7, 11) is 0. The highest BCUT2D eigenvalue weighted by atomic mass is 35.5. The second kappa shape index (κ2) is 4.14. The molecule has 0 aliphatic rings. The third-order valence-electron chi connectivity index (χ3n) is 1.19. The van der Waals surface area contributed by atoms with Gasteiger partial charge in [0.25, 0.3) is 0 Å². The van der Waals surface area contributed by atoms with Crippen molar-refractivity contribution in [2.45, 2.75) is 6.54 Å². The zero-order valence-corrected chi connectivity index (χ0v) is 6.40. The largest absolute Gasteiger partial charge is 0.399 e. The van der Waals surface area contributed by atoms with E-state index in [2.05, 4.69) is 0 Å². The Kier molecular flexibility index (Phi) is 3.84. The van der Waals surface area contributed by atoms with Gasteiger partial charge >= 0.3 is 0 Å². The zero-order valence-electron chi connectivity index (χ0n) is 5.58. The standard InChI is InChI=1S/C7H10N2.ClH/c8-5-6-2-1-3-7(9)4-6;/h1-4H,5,8-9H2;1H. The summed E-state index contributed by atoms with van der Waals surface area (Å²) in [6, 6.07) is 7.58. The summed E-state index contributed by atoms with van der Waals surface area (Å²) in [5.74, 6) is 0. The minimum absolute atomic E-state index is 0. The van der Waals surface area contributed by atoms with Crippen molar-refractivity contribution in [1.29, 1.82) is 0 Å². The van der Waals surface area contributed by atoms with Crippen LogP contribution in [0.3, 0.4) is 0 Å².